The number of hydrogen-bond donors (Lipinski definition) is 1. The van der Waals surface area contributed by atoms with Crippen LogP contribution in [0.5, 0.6) is 0 Å². The van der Waals surface area contributed by atoms with Crippen LogP contribution in [0.25, 0.3) is 0 Å². The van der Waals surface area contributed by atoms with Gasteiger partial charge in [-0.05, 0) is 6.42 Å². The molecule has 0 spiro atoms. The number of carbonyl (C=O) groups excluding carboxylic acids is 2. The number of unbranched alkanes of at least 4 members (excludes halogenated alkanes) is 1. The van der Waals surface area contributed by atoms with Gasteiger partial charge in [0.1, 0.15) is 0 Å². The molecule has 6 heteroatoms. The lowest BCUT2D eigenvalue weighted by Crippen LogP contribution is -2.12. The van der Waals surface area contributed by atoms with E-state index in [4.69, 9.17) is 0 Å². The van der Waals surface area contributed by atoms with Crippen LogP contribution in [0.1, 0.15) is 32.6 Å². The maximum Gasteiger partial charge on any atom is 0.335 e. The second-order valence-electron chi connectivity index (χ2n) is 2.53. The summed E-state index contributed by atoms with van der Waals surface area (Å²) in [4.78, 5) is 29.6. The molecule has 6 nitrogen and oxygen atoms in total. The number of nitrogens with two attached hydrogens (primary N) is 1. The maximum absolute atomic E-state index is 10.8. The summed E-state index contributed by atoms with van der Waals surface area (Å²) in [5.74, 6) is 3.33. The van der Waals surface area contributed by atoms with Gasteiger partial charge in [-0.3, -0.25) is 4.79 Å². The predicted molar refractivity (Wildman–Crippen MR) is 49.0 cm³/mol. The third-order valence-corrected chi connectivity index (χ3v) is 1.31. The quantitative estimate of drug-likeness (QED) is 0.385. The van der Waals surface area contributed by atoms with Crippen LogP contribution in [0, 0.1) is 0 Å². The van der Waals surface area contributed by atoms with E-state index in [9.17, 15) is 9.59 Å². The molecule has 0 unspecified atom stereocenters. The van der Waals surface area contributed by atoms with Crippen LogP contribution in [0.2, 0.25) is 0 Å². The molecule has 80 valence electrons. The molecule has 0 bridgehead atoms. The van der Waals surface area contributed by atoms with Gasteiger partial charge in [0.05, 0.1) is 12.8 Å². The van der Waals surface area contributed by atoms with Gasteiger partial charge in [0, 0.05) is 6.21 Å². The third kappa shape index (κ3) is 7.23. The highest BCUT2D eigenvalue weighted by molar-refractivity contribution is 5.77. The Balaban J connectivity index is 3.51. The molecular formula is C8H14N2O4. The van der Waals surface area contributed by atoms with Gasteiger partial charge in [0.25, 0.3) is 0 Å². The first kappa shape index (κ1) is 12.6. The van der Waals surface area contributed by atoms with E-state index in [2.05, 4.69) is 20.7 Å². The van der Waals surface area contributed by atoms with Gasteiger partial charge in [0.15, 0.2) is 0 Å². The lowest BCUT2D eigenvalue weighted by molar-refractivity contribution is -0.150. The molecule has 0 aromatic heterocycles. The predicted octanol–water partition coefficient (Wildman–Crippen LogP) is 0.513. The summed E-state index contributed by atoms with van der Waals surface area (Å²) in [5, 5.41) is 3.41. The van der Waals surface area contributed by atoms with Crippen LogP contribution in [0.15, 0.2) is 5.16 Å². The van der Waals surface area contributed by atoms with Crippen molar-refractivity contribution < 1.29 is 19.3 Å². The van der Waals surface area contributed by atoms with E-state index in [1.165, 1.54) is 6.21 Å². The van der Waals surface area contributed by atoms with Crippen LogP contribution in [0.4, 0.5) is 0 Å². The van der Waals surface area contributed by atoms with E-state index in [-0.39, 0.29) is 12.8 Å². The number of rotatable bonds is 6. The van der Waals surface area contributed by atoms with Crippen molar-refractivity contribution in [3.63, 3.8) is 0 Å². The van der Waals surface area contributed by atoms with Crippen molar-refractivity contribution in [2.45, 2.75) is 32.6 Å². The topological polar surface area (TPSA) is 91.0 Å². The van der Waals surface area contributed by atoms with Crippen molar-refractivity contribution in [1.29, 1.82) is 0 Å². The highest BCUT2D eigenvalue weighted by atomic mass is 16.7. The minimum absolute atomic E-state index is 0.0838. The van der Waals surface area contributed by atoms with Crippen LogP contribution in [-0.2, 0) is 19.3 Å². The molecule has 0 atom stereocenters. The molecule has 0 aromatic rings. The fraction of sp³-hybridized carbons (Fsp3) is 0.625. The molecule has 0 aliphatic carbocycles. The average Bonchev–Trinajstić information content (AvgIpc) is 2.21. The van der Waals surface area contributed by atoms with E-state index in [1.807, 2.05) is 6.92 Å². The standard InChI is InChI=1S/C8H14N2O4/c1-2-3-6-10-14-8(12)5-4-7(11)13-9/h6H,2-5,9H2,1H3. The van der Waals surface area contributed by atoms with Crippen molar-refractivity contribution >= 4 is 18.2 Å². The largest absolute Gasteiger partial charge is 0.373 e. The number of oxime groups is 1. The first-order chi connectivity index (χ1) is 6.70. The molecule has 14 heavy (non-hydrogen) atoms. The zero-order chi connectivity index (χ0) is 10.8. The normalized spacial score (nSPS) is 10.1. The summed E-state index contributed by atoms with van der Waals surface area (Å²) >= 11 is 0. The number of carbonyl (C=O) groups is 2. The Morgan fingerprint density at radius 3 is 2.57 bits per heavy atom. The molecule has 0 aliphatic heterocycles. The monoisotopic (exact) mass is 202 g/mol. The summed E-state index contributed by atoms with van der Waals surface area (Å²) in [5.41, 5.74) is 0. The van der Waals surface area contributed by atoms with Gasteiger partial charge in [-0.2, -0.15) is 5.90 Å². The average molecular weight is 202 g/mol. The van der Waals surface area contributed by atoms with Gasteiger partial charge in [-0.25, -0.2) is 4.79 Å². The molecule has 0 heterocycles. The third-order valence-electron chi connectivity index (χ3n) is 1.31. The fourth-order valence-electron chi connectivity index (χ4n) is 0.587. The van der Waals surface area contributed by atoms with Crippen molar-refractivity contribution in [3.05, 3.63) is 0 Å². The van der Waals surface area contributed by atoms with Gasteiger partial charge >= 0.3 is 11.9 Å². The van der Waals surface area contributed by atoms with Gasteiger partial charge in [0.2, 0.25) is 0 Å². The van der Waals surface area contributed by atoms with Crippen LogP contribution in [0.3, 0.4) is 0 Å². The molecular weight excluding hydrogens is 188 g/mol. The molecule has 0 amide bonds. The van der Waals surface area contributed by atoms with Crippen molar-refractivity contribution in [2.24, 2.45) is 11.1 Å². The molecule has 0 saturated heterocycles. The Bertz CT molecular complexity index is 215. The second-order valence-corrected chi connectivity index (χ2v) is 2.53. The Labute approximate surface area is 82.0 Å². The maximum atomic E-state index is 10.8. The summed E-state index contributed by atoms with van der Waals surface area (Å²) in [6.07, 6.45) is 3.00. The van der Waals surface area contributed by atoms with Crippen LogP contribution >= 0.6 is 0 Å². The van der Waals surface area contributed by atoms with E-state index in [1.54, 1.807) is 0 Å². The van der Waals surface area contributed by atoms with E-state index >= 15 is 0 Å². The SMILES string of the molecule is CCCC=NOC(=O)CCC(=O)ON. The smallest absolute Gasteiger partial charge is 0.335 e. The second kappa shape index (κ2) is 8.18. The Hall–Kier alpha value is -1.43. The number of hydrogen-bond acceptors (Lipinski definition) is 6. The minimum Gasteiger partial charge on any atom is -0.373 e. The highest BCUT2D eigenvalue weighted by Gasteiger charge is 2.07. The summed E-state index contributed by atoms with van der Waals surface area (Å²) < 4.78 is 0. The molecule has 0 saturated carbocycles. The van der Waals surface area contributed by atoms with Crippen LogP contribution in [-0.4, -0.2) is 18.2 Å². The summed E-state index contributed by atoms with van der Waals surface area (Å²) in [7, 11) is 0. The molecule has 0 aromatic carbocycles. The van der Waals surface area contributed by atoms with Crippen molar-refractivity contribution in [3.8, 4) is 0 Å². The van der Waals surface area contributed by atoms with Crippen molar-refractivity contribution in [2.75, 3.05) is 0 Å². The lowest BCUT2D eigenvalue weighted by atomic mass is 10.3. The fourth-order valence-corrected chi connectivity index (χ4v) is 0.587. The van der Waals surface area contributed by atoms with E-state index < -0.39 is 11.9 Å². The molecule has 0 rings (SSSR count). The molecule has 2 N–H and O–H groups in total. The van der Waals surface area contributed by atoms with Gasteiger partial charge in [-0.15, -0.1) is 0 Å². The molecule has 0 fully saturated rings. The first-order valence-corrected chi connectivity index (χ1v) is 4.32. The van der Waals surface area contributed by atoms with E-state index in [0.29, 0.717) is 0 Å². The van der Waals surface area contributed by atoms with Gasteiger partial charge in [-0.1, -0.05) is 18.5 Å². The van der Waals surface area contributed by atoms with Crippen LogP contribution < -0.4 is 5.90 Å². The zero-order valence-corrected chi connectivity index (χ0v) is 8.06. The zero-order valence-electron chi connectivity index (χ0n) is 8.06. The van der Waals surface area contributed by atoms with Gasteiger partial charge < -0.3 is 9.68 Å². The minimum atomic E-state index is -0.653. The first-order valence-electron chi connectivity index (χ1n) is 4.32. The van der Waals surface area contributed by atoms with E-state index in [0.717, 1.165) is 12.8 Å². The number of nitrogens with zero attached hydrogens (tertiary/aromatic N) is 1. The Morgan fingerprint density at radius 1 is 1.36 bits per heavy atom. The molecule has 0 radical (unpaired) electrons. The molecule has 0 aliphatic rings. The summed E-state index contributed by atoms with van der Waals surface area (Å²) in [6.45, 7) is 1.98. The summed E-state index contributed by atoms with van der Waals surface area (Å²) in [6, 6.07) is 0. The Kier molecular flexibility index (Phi) is 7.35. The van der Waals surface area contributed by atoms with Crippen molar-refractivity contribution in [1.82, 2.24) is 0 Å². The highest BCUT2D eigenvalue weighted by Crippen LogP contribution is 1.94. The lowest BCUT2D eigenvalue weighted by Gasteiger charge is -1.96. The Morgan fingerprint density at radius 2 is 2.00 bits per heavy atom.